The number of hydrogen-bond acceptors (Lipinski definition) is 6. The van der Waals surface area contributed by atoms with Crippen molar-refractivity contribution in [2.24, 2.45) is 0 Å². The van der Waals surface area contributed by atoms with Crippen LogP contribution < -0.4 is 10.6 Å². The molecule has 5 aromatic rings. The highest BCUT2D eigenvalue weighted by Crippen LogP contribution is 2.55. The summed E-state index contributed by atoms with van der Waals surface area (Å²) in [5.74, 6) is 0. The summed E-state index contributed by atoms with van der Waals surface area (Å²) in [6.45, 7) is 15.6. The lowest BCUT2D eigenvalue weighted by Gasteiger charge is -2.24. The molecule has 0 N–H and O–H groups in total. The second kappa shape index (κ2) is 14.1. The van der Waals surface area contributed by atoms with Gasteiger partial charge in [0.05, 0.1) is 0 Å². The zero-order valence-corrected chi connectivity index (χ0v) is 32.3. The van der Waals surface area contributed by atoms with E-state index in [1.807, 2.05) is 38.1 Å². The second-order valence-electron chi connectivity index (χ2n) is 13.5. The van der Waals surface area contributed by atoms with Gasteiger partial charge in [-0.05, 0) is 101 Å². The van der Waals surface area contributed by atoms with Crippen molar-refractivity contribution in [1.82, 2.24) is 0 Å². The number of benzene rings is 5. The molecule has 5 rings (SSSR count). The molecule has 2 atom stereocenters. The zero-order valence-electron chi connectivity index (χ0n) is 30.5. The maximum atomic E-state index is 15.4. The van der Waals surface area contributed by atoms with Gasteiger partial charge in [-0.15, -0.1) is 0 Å². The van der Waals surface area contributed by atoms with E-state index in [-0.39, 0.29) is 38.4 Å². The lowest BCUT2D eigenvalue weighted by atomic mass is 9.94. The Bertz CT molecular complexity index is 2160. The molecule has 8 heteroatoms. The van der Waals surface area contributed by atoms with Crippen molar-refractivity contribution in [3.63, 3.8) is 0 Å². The number of aryl methyl sites for hydroxylation is 8. The smallest absolute Gasteiger partial charge is 0.248 e. The maximum absolute atomic E-state index is 15.4. The molecule has 0 aliphatic heterocycles. The number of hydrogen-bond donors (Lipinski definition) is 0. The van der Waals surface area contributed by atoms with Crippen molar-refractivity contribution in [2.45, 2.75) is 62.3 Å². The van der Waals surface area contributed by atoms with Crippen LogP contribution in [-0.2, 0) is 9.13 Å². The number of carbonyl (C=O) groups is 4. The van der Waals surface area contributed by atoms with Crippen LogP contribution in [0, 0.1) is 62.3 Å². The lowest BCUT2D eigenvalue weighted by Crippen LogP contribution is -2.25. The van der Waals surface area contributed by atoms with E-state index >= 15 is 9.13 Å². The van der Waals surface area contributed by atoms with E-state index in [1.54, 1.807) is 84.0 Å². The molecule has 5 aromatic carbocycles. The standard InChI is InChI=1S/C43H42O6P2/c1-25-20-27(3)36(28(4)21-25)40(44)50(48,34-16-12-10-13-17-34)42(46)38-31(7)24-32(8)39(33(38)9)43(47)51(49,35-18-14-11-15-19-35)41(45)37-29(5)22-26(2)23-30(37)6/h10-24H,1-9H3. The van der Waals surface area contributed by atoms with Crippen molar-refractivity contribution < 1.29 is 28.3 Å². The molecule has 260 valence electrons. The molecular weight excluding hydrogens is 674 g/mol. The first-order valence-electron chi connectivity index (χ1n) is 16.7. The Morgan fingerprint density at radius 3 is 0.922 bits per heavy atom. The Morgan fingerprint density at radius 2 is 0.627 bits per heavy atom. The quantitative estimate of drug-likeness (QED) is 0.133. The third-order valence-corrected chi connectivity index (χ3v) is 14.8. The largest absolute Gasteiger partial charge is 0.302 e. The molecule has 0 saturated heterocycles. The summed E-state index contributed by atoms with van der Waals surface area (Å²) in [6.07, 6.45) is 0. The summed E-state index contributed by atoms with van der Waals surface area (Å²) >= 11 is 0. The molecule has 0 aliphatic carbocycles. The van der Waals surface area contributed by atoms with Crippen molar-refractivity contribution in [2.75, 3.05) is 0 Å². The van der Waals surface area contributed by atoms with Crippen LogP contribution in [0.1, 0.15) is 91.5 Å². The Morgan fingerprint density at radius 1 is 0.373 bits per heavy atom. The van der Waals surface area contributed by atoms with Gasteiger partial charge in [0.15, 0.2) is 0 Å². The Balaban J connectivity index is 1.78. The van der Waals surface area contributed by atoms with E-state index in [0.29, 0.717) is 33.4 Å². The number of carbonyl (C=O) groups excluding carboxylic acids is 4. The van der Waals surface area contributed by atoms with Crippen LogP contribution in [0.15, 0.2) is 91.0 Å². The van der Waals surface area contributed by atoms with Gasteiger partial charge in [-0.2, -0.15) is 0 Å². The predicted molar refractivity (Wildman–Crippen MR) is 207 cm³/mol. The minimum absolute atomic E-state index is 0.0679. The van der Waals surface area contributed by atoms with Gasteiger partial charge in [-0.3, -0.25) is 19.2 Å². The van der Waals surface area contributed by atoms with Gasteiger partial charge >= 0.3 is 0 Å². The molecule has 51 heavy (non-hydrogen) atoms. The van der Waals surface area contributed by atoms with Gasteiger partial charge in [0, 0.05) is 32.9 Å². The fourth-order valence-electron chi connectivity index (χ4n) is 7.44. The van der Waals surface area contributed by atoms with Crippen LogP contribution >= 0.6 is 14.3 Å². The first-order chi connectivity index (χ1) is 24.0. The van der Waals surface area contributed by atoms with Crippen molar-refractivity contribution in [1.29, 1.82) is 0 Å². The molecule has 0 aliphatic rings. The highest BCUT2D eigenvalue weighted by atomic mass is 31.2. The summed E-state index contributed by atoms with van der Waals surface area (Å²) in [5, 5.41) is 0.143. The molecule has 0 aromatic heterocycles. The molecular formula is C43H42O6P2. The SMILES string of the molecule is Cc1cc(C)c(C(=O)P(=O)(C(=O)c2c(C)cc(C)c(C(=O)P(=O)(C(=O)c3c(C)cc(C)cc3C)c3ccccc3)c2C)c2ccccc2)c(C)c1. The summed E-state index contributed by atoms with van der Waals surface area (Å²) in [4.78, 5) is 59.1. The van der Waals surface area contributed by atoms with Crippen LogP contribution in [0.4, 0.5) is 0 Å². The Kier molecular flexibility index (Phi) is 10.4. The van der Waals surface area contributed by atoms with E-state index in [1.165, 1.54) is 31.2 Å². The topological polar surface area (TPSA) is 102 Å². The van der Waals surface area contributed by atoms with Crippen LogP contribution in [-0.4, -0.2) is 22.1 Å². The maximum Gasteiger partial charge on any atom is 0.248 e. The van der Waals surface area contributed by atoms with E-state index in [2.05, 4.69) is 0 Å². The van der Waals surface area contributed by atoms with Gasteiger partial charge in [-0.25, -0.2) is 0 Å². The lowest BCUT2D eigenvalue weighted by molar-refractivity contribution is 0.102. The van der Waals surface area contributed by atoms with Crippen LogP contribution in [0.5, 0.6) is 0 Å². The van der Waals surface area contributed by atoms with Gasteiger partial charge in [-0.1, -0.05) is 102 Å². The van der Waals surface area contributed by atoms with Crippen molar-refractivity contribution in [3.8, 4) is 0 Å². The van der Waals surface area contributed by atoms with E-state index in [0.717, 1.165) is 11.1 Å². The second-order valence-corrected chi connectivity index (χ2v) is 18.6. The third-order valence-electron chi connectivity index (χ3n) is 9.56. The third kappa shape index (κ3) is 6.37. The highest BCUT2D eigenvalue weighted by Gasteiger charge is 2.48. The molecule has 0 radical (unpaired) electrons. The first kappa shape index (κ1) is 37.5. The minimum Gasteiger partial charge on any atom is -0.302 e. The molecule has 0 bridgehead atoms. The molecule has 0 spiro atoms. The molecule has 0 amide bonds. The summed E-state index contributed by atoms with van der Waals surface area (Å²) in [7, 11) is -9.19. The number of rotatable bonds is 10. The average Bonchev–Trinajstić information content (AvgIpc) is 3.06. The van der Waals surface area contributed by atoms with Crippen molar-refractivity contribution in [3.05, 3.63) is 163 Å². The molecule has 0 saturated carbocycles. The molecule has 2 unspecified atom stereocenters. The van der Waals surface area contributed by atoms with E-state index in [4.69, 9.17) is 0 Å². The zero-order chi connectivity index (χ0) is 37.6. The average molecular weight is 717 g/mol. The van der Waals surface area contributed by atoms with E-state index in [9.17, 15) is 19.2 Å². The minimum atomic E-state index is -4.59. The van der Waals surface area contributed by atoms with Gasteiger partial charge < -0.3 is 9.13 Å². The first-order valence-corrected chi connectivity index (χ1v) is 20.1. The fraction of sp³-hybridized carbons (Fsp3) is 0.209. The van der Waals surface area contributed by atoms with Crippen LogP contribution in [0.2, 0.25) is 0 Å². The van der Waals surface area contributed by atoms with Crippen molar-refractivity contribution >= 4 is 47.0 Å². The fourth-order valence-corrected chi connectivity index (χ4v) is 12.6. The predicted octanol–water partition coefficient (Wildman–Crippen LogP) is 9.80. The highest BCUT2D eigenvalue weighted by molar-refractivity contribution is 8.01. The van der Waals surface area contributed by atoms with Gasteiger partial charge in [0.2, 0.25) is 36.4 Å². The van der Waals surface area contributed by atoms with Gasteiger partial charge in [0.25, 0.3) is 0 Å². The molecule has 6 nitrogen and oxygen atoms in total. The normalized spacial score (nSPS) is 13.6. The Hall–Kier alpha value is -4.76. The Labute approximate surface area is 300 Å². The summed E-state index contributed by atoms with van der Waals surface area (Å²) in [6, 6.07) is 24.8. The van der Waals surface area contributed by atoms with Crippen LogP contribution in [0.3, 0.4) is 0 Å². The summed E-state index contributed by atoms with van der Waals surface area (Å²) in [5.41, 5.74) is 1.99. The molecule has 0 fully saturated rings. The van der Waals surface area contributed by atoms with E-state index < -0.39 is 36.4 Å². The monoisotopic (exact) mass is 716 g/mol. The van der Waals surface area contributed by atoms with Crippen LogP contribution in [0.25, 0.3) is 0 Å². The van der Waals surface area contributed by atoms with Gasteiger partial charge in [0.1, 0.15) is 0 Å². The molecule has 0 heterocycles. The summed E-state index contributed by atoms with van der Waals surface area (Å²) < 4.78 is 30.8.